The molecule has 0 fully saturated rings. The smallest absolute Gasteiger partial charge is 0.323 e. The summed E-state index contributed by atoms with van der Waals surface area (Å²) >= 11 is 0. The van der Waals surface area contributed by atoms with E-state index in [2.05, 4.69) is 0 Å². The Kier molecular flexibility index (Phi) is 3.21. The van der Waals surface area contributed by atoms with Crippen molar-refractivity contribution in [2.75, 3.05) is 0 Å². The van der Waals surface area contributed by atoms with Gasteiger partial charge in [0.05, 0.1) is 0 Å². The highest BCUT2D eigenvalue weighted by Gasteiger charge is 2.27. The standard InChI is InChI=1S/C14H16N2O2/c1-14(15,13(17)18)10-11-4-6-12(7-5-11)16-8-2-3-9-16/h2-9H,10,15H2,1H3,(H,17,18). The number of hydrogen-bond acceptors (Lipinski definition) is 2. The molecule has 18 heavy (non-hydrogen) atoms. The summed E-state index contributed by atoms with van der Waals surface area (Å²) in [6, 6.07) is 11.6. The number of carboxylic acid groups (broad SMARTS) is 1. The fraction of sp³-hybridized carbons (Fsp3) is 0.214. The Labute approximate surface area is 106 Å². The van der Waals surface area contributed by atoms with Crippen molar-refractivity contribution in [1.29, 1.82) is 0 Å². The maximum absolute atomic E-state index is 10.9. The number of aliphatic carboxylic acids is 1. The molecule has 0 aliphatic heterocycles. The first-order valence-corrected chi connectivity index (χ1v) is 5.73. The maximum Gasteiger partial charge on any atom is 0.323 e. The molecule has 1 aromatic carbocycles. The van der Waals surface area contributed by atoms with Gasteiger partial charge in [0.2, 0.25) is 0 Å². The summed E-state index contributed by atoms with van der Waals surface area (Å²) in [6.45, 7) is 1.52. The van der Waals surface area contributed by atoms with Crippen LogP contribution in [0.5, 0.6) is 0 Å². The molecular weight excluding hydrogens is 228 g/mol. The van der Waals surface area contributed by atoms with Gasteiger partial charge in [-0.15, -0.1) is 0 Å². The third-order valence-electron chi connectivity index (χ3n) is 2.90. The van der Waals surface area contributed by atoms with Crippen LogP contribution in [0.1, 0.15) is 12.5 Å². The average molecular weight is 244 g/mol. The molecule has 2 aromatic rings. The first-order valence-electron chi connectivity index (χ1n) is 5.73. The molecule has 0 radical (unpaired) electrons. The fourth-order valence-electron chi connectivity index (χ4n) is 1.79. The van der Waals surface area contributed by atoms with Crippen molar-refractivity contribution in [2.24, 2.45) is 5.73 Å². The van der Waals surface area contributed by atoms with Crippen LogP contribution in [0.4, 0.5) is 0 Å². The lowest BCUT2D eigenvalue weighted by Crippen LogP contribution is -2.46. The van der Waals surface area contributed by atoms with Gasteiger partial charge in [-0.1, -0.05) is 12.1 Å². The van der Waals surface area contributed by atoms with E-state index in [4.69, 9.17) is 10.8 Å². The van der Waals surface area contributed by atoms with Crippen molar-refractivity contribution in [3.8, 4) is 5.69 Å². The molecule has 0 spiro atoms. The molecule has 4 nitrogen and oxygen atoms in total. The van der Waals surface area contributed by atoms with Crippen LogP contribution in [-0.2, 0) is 11.2 Å². The highest BCUT2D eigenvalue weighted by Crippen LogP contribution is 2.14. The van der Waals surface area contributed by atoms with E-state index in [-0.39, 0.29) is 0 Å². The van der Waals surface area contributed by atoms with Crippen LogP contribution in [0.2, 0.25) is 0 Å². The Bertz CT molecular complexity index is 527. The number of rotatable bonds is 4. The zero-order chi connectivity index (χ0) is 13.2. The molecule has 0 amide bonds. The minimum absolute atomic E-state index is 0.314. The molecule has 94 valence electrons. The number of carboxylic acids is 1. The molecule has 0 aliphatic carbocycles. The fourth-order valence-corrected chi connectivity index (χ4v) is 1.79. The first-order chi connectivity index (χ1) is 8.49. The molecule has 1 unspecified atom stereocenters. The van der Waals surface area contributed by atoms with Crippen molar-refractivity contribution in [1.82, 2.24) is 4.57 Å². The SMILES string of the molecule is CC(N)(Cc1ccc(-n2cccc2)cc1)C(=O)O. The van der Waals surface area contributed by atoms with E-state index < -0.39 is 11.5 Å². The Balaban J connectivity index is 2.16. The average Bonchev–Trinajstić information content (AvgIpc) is 2.83. The number of nitrogens with zero attached hydrogens (tertiary/aromatic N) is 1. The molecular formula is C14H16N2O2. The first kappa shape index (κ1) is 12.4. The molecule has 4 heteroatoms. The lowest BCUT2D eigenvalue weighted by Gasteiger charge is -2.19. The molecule has 3 N–H and O–H groups in total. The third-order valence-corrected chi connectivity index (χ3v) is 2.90. The van der Waals surface area contributed by atoms with Crippen LogP contribution in [-0.4, -0.2) is 21.2 Å². The van der Waals surface area contributed by atoms with Gasteiger partial charge in [0.25, 0.3) is 0 Å². The number of benzene rings is 1. The molecule has 0 saturated heterocycles. The van der Waals surface area contributed by atoms with Crippen LogP contribution >= 0.6 is 0 Å². The van der Waals surface area contributed by atoms with Gasteiger partial charge in [0.15, 0.2) is 0 Å². The topological polar surface area (TPSA) is 68.2 Å². The van der Waals surface area contributed by atoms with Gasteiger partial charge in [-0.25, -0.2) is 0 Å². The zero-order valence-corrected chi connectivity index (χ0v) is 10.2. The van der Waals surface area contributed by atoms with Crippen LogP contribution < -0.4 is 5.73 Å². The molecule has 1 atom stereocenters. The largest absolute Gasteiger partial charge is 0.480 e. The van der Waals surface area contributed by atoms with Gasteiger partial charge < -0.3 is 15.4 Å². The third kappa shape index (κ3) is 2.60. The molecule has 1 aromatic heterocycles. The summed E-state index contributed by atoms with van der Waals surface area (Å²) in [5.74, 6) is -0.989. The summed E-state index contributed by atoms with van der Waals surface area (Å²) < 4.78 is 1.99. The second kappa shape index (κ2) is 4.66. The summed E-state index contributed by atoms with van der Waals surface area (Å²) in [7, 11) is 0. The van der Waals surface area contributed by atoms with E-state index in [0.717, 1.165) is 11.3 Å². The summed E-state index contributed by atoms with van der Waals surface area (Å²) in [5.41, 5.74) is 6.45. The minimum Gasteiger partial charge on any atom is -0.480 e. The van der Waals surface area contributed by atoms with Crippen molar-refractivity contribution in [3.05, 3.63) is 54.4 Å². The van der Waals surface area contributed by atoms with E-state index in [9.17, 15) is 4.79 Å². The Hall–Kier alpha value is -2.07. The van der Waals surface area contributed by atoms with E-state index in [0.29, 0.717) is 6.42 Å². The lowest BCUT2D eigenvalue weighted by molar-refractivity contribution is -0.142. The number of carbonyl (C=O) groups is 1. The zero-order valence-electron chi connectivity index (χ0n) is 10.2. The van der Waals surface area contributed by atoms with Gasteiger partial charge in [-0.05, 0) is 36.8 Å². The van der Waals surface area contributed by atoms with Crippen LogP contribution in [0.25, 0.3) is 5.69 Å². The van der Waals surface area contributed by atoms with Crippen molar-refractivity contribution < 1.29 is 9.90 Å². The van der Waals surface area contributed by atoms with Gasteiger partial charge >= 0.3 is 5.97 Å². The lowest BCUT2D eigenvalue weighted by atomic mass is 9.94. The van der Waals surface area contributed by atoms with Crippen LogP contribution in [0.15, 0.2) is 48.8 Å². The van der Waals surface area contributed by atoms with Crippen molar-refractivity contribution in [2.45, 2.75) is 18.9 Å². The summed E-state index contributed by atoms with van der Waals surface area (Å²) in [4.78, 5) is 10.9. The quantitative estimate of drug-likeness (QED) is 0.862. The highest BCUT2D eigenvalue weighted by molar-refractivity contribution is 5.78. The molecule has 2 rings (SSSR count). The van der Waals surface area contributed by atoms with Crippen LogP contribution in [0, 0.1) is 0 Å². The summed E-state index contributed by atoms with van der Waals surface area (Å²) in [6.07, 6.45) is 4.23. The van der Waals surface area contributed by atoms with Crippen molar-refractivity contribution in [3.63, 3.8) is 0 Å². The van der Waals surface area contributed by atoms with Crippen LogP contribution in [0.3, 0.4) is 0 Å². The van der Waals surface area contributed by atoms with Gasteiger partial charge in [0.1, 0.15) is 5.54 Å². The predicted molar refractivity (Wildman–Crippen MR) is 69.7 cm³/mol. The normalized spacial score (nSPS) is 14.1. The minimum atomic E-state index is -1.23. The molecule has 0 bridgehead atoms. The van der Waals surface area contributed by atoms with E-state index in [1.807, 2.05) is 53.4 Å². The number of hydrogen-bond donors (Lipinski definition) is 2. The summed E-state index contributed by atoms with van der Waals surface area (Å²) in [5, 5.41) is 8.98. The van der Waals surface area contributed by atoms with Gasteiger partial charge in [0, 0.05) is 24.5 Å². The predicted octanol–water partition coefficient (Wildman–Crippen LogP) is 1.82. The molecule has 0 aliphatic rings. The highest BCUT2D eigenvalue weighted by atomic mass is 16.4. The second-order valence-corrected chi connectivity index (χ2v) is 4.66. The van der Waals surface area contributed by atoms with E-state index >= 15 is 0 Å². The number of nitrogens with two attached hydrogens (primary N) is 1. The molecule has 0 saturated carbocycles. The number of aromatic nitrogens is 1. The second-order valence-electron chi connectivity index (χ2n) is 4.66. The van der Waals surface area contributed by atoms with Gasteiger partial charge in [-0.2, -0.15) is 0 Å². The van der Waals surface area contributed by atoms with E-state index in [1.54, 1.807) is 0 Å². The maximum atomic E-state index is 10.9. The monoisotopic (exact) mass is 244 g/mol. The molecule has 1 heterocycles. The Morgan fingerprint density at radius 1 is 1.28 bits per heavy atom. The van der Waals surface area contributed by atoms with Gasteiger partial charge in [-0.3, -0.25) is 4.79 Å². The Morgan fingerprint density at radius 2 is 1.83 bits per heavy atom. The van der Waals surface area contributed by atoms with Crippen molar-refractivity contribution >= 4 is 5.97 Å². The Morgan fingerprint density at radius 3 is 2.33 bits per heavy atom. The van der Waals surface area contributed by atoms with E-state index in [1.165, 1.54) is 6.92 Å².